The van der Waals surface area contributed by atoms with Gasteiger partial charge in [0, 0.05) is 6.04 Å². The van der Waals surface area contributed by atoms with Crippen LogP contribution < -0.4 is 5.73 Å². The highest BCUT2D eigenvalue weighted by atomic mass is 14.7. The Morgan fingerprint density at radius 2 is 1.81 bits per heavy atom. The number of hydrogen-bond acceptors (Lipinski definition) is 1. The normalized spacial score (nSPS) is 19.4. The van der Waals surface area contributed by atoms with Gasteiger partial charge in [-0.25, -0.2) is 0 Å². The van der Waals surface area contributed by atoms with Gasteiger partial charge in [-0.1, -0.05) is 44.5 Å². The summed E-state index contributed by atoms with van der Waals surface area (Å²) >= 11 is 0. The number of hydrogen-bond donors (Lipinski definition) is 1. The van der Waals surface area contributed by atoms with E-state index in [9.17, 15) is 0 Å². The Morgan fingerprint density at radius 3 is 2.31 bits per heavy atom. The lowest BCUT2D eigenvalue weighted by Gasteiger charge is -2.25. The van der Waals surface area contributed by atoms with Crippen molar-refractivity contribution in [1.82, 2.24) is 0 Å². The van der Waals surface area contributed by atoms with Crippen molar-refractivity contribution < 1.29 is 0 Å². The van der Waals surface area contributed by atoms with Gasteiger partial charge in [-0.2, -0.15) is 0 Å². The Morgan fingerprint density at radius 1 is 1.25 bits per heavy atom. The molecule has 1 heteroatoms. The van der Waals surface area contributed by atoms with Gasteiger partial charge in [0.15, 0.2) is 0 Å². The number of nitrogens with two attached hydrogens (primary N) is 1. The van der Waals surface area contributed by atoms with Crippen molar-refractivity contribution in [2.24, 2.45) is 17.6 Å². The van der Waals surface area contributed by atoms with Gasteiger partial charge in [0.1, 0.15) is 0 Å². The fourth-order valence-electron chi connectivity index (χ4n) is 2.98. The molecule has 16 heavy (non-hydrogen) atoms. The third-order valence-electron chi connectivity index (χ3n) is 4.03. The molecule has 0 saturated heterocycles. The molecule has 0 radical (unpaired) electrons. The highest BCUT2D eigenvalue weighted by Gasteiger charge is 2.28. The second-order valence-electron chi connectivity index (χ2n) is 5.28. The maximum Gasteiger partial charge on any atom is 0.00993 e. The van der Waals surface area contributed by atoms with Crippen molar-refractivity contribution in [3.05, 3.63) is 35.4 Å². The summed E-state index contributed by atoms with van der Waals surface area (Å²) in [5.41, 5.74) is 9.43. The summed E-state index contributed by atoms with van der Waals surface area (Å²) in [5.74, 6) is 1.32. The zero-order valence-electron chi connectivity index (χ0n) is 10.4. The predicted molar refractivity (Wildman–Crippen MR) is 69.4 cm³/mol. The molecule has 1 aliphatic rings. The summed E-state index contributed by atoms with van der Waals surface area (Å²) in [7, 11) is 0. The number of benzene rings is 1. The van der Waals surface area contributed by atoms with Crippen molar-refractivity contribution in [3.8, 4) is 0 Å². The first-order valence-corrected chi connectivity index (χ1v) is 6.54. The highest BCUT2D eigenvalue weighted by molar-refractivity contribution is 5.32. The zero-order chi connectivity index (χ0) is 11.5. The number of rotatable bonds is 4. The van der Waals surface area contributed by atoms with E-state index < -0.39 is 0 Å². The van der Waals surface area contributed by atoms with E-state index in [-0.39, 0.29) is 0 Å². The zero-order valence-corrected chi connectivity index (χ0v) is 10.4. The minimum absolute atomic E-state index is 0.368. The lowest BCUT2D eigenvalue weighted by molar-refractivity contribution is 0.318. The molecule has 0 saturated carbocycles. The van der Waals surface area contributed by atoms with Crippen molar-refractivity contribution in [3.63, 3.8) is 0 Å². The molecule has 0 fully saturated rings. The van der Waals surface area contributed by atoms with Crippen LogP contribution in [0, 0.1) is 11.8 Å². The van der Waals surface area contributed by atoms with Gasteiger partial charge in [0.05, 0.1) is 0 Å². The quantitative estimate of drug-likeness (QED) is 0.823. The van der Waals surface area contributed by atoms with Gasteiger partial charge in [-0.15, -0.1) is 0 Å². The van der Waals surface area contributed by atoms with Crippen LogP contribution in [0.5, 0.6) is 0 Å². The fraction of sp³-hybridized carbons (Fsp3) is 0.600. The molecule has 1 aliphatic carbocycles. The van der Waals surface area contributed by atoms with Crippen LogP contribution in [0.3, 0.4) is 0 Å². The minimum Gasteiger partial charge on any atom is -0.327 e. The summed E-state index contributed by atoms with van der Waals surface area (Å²) in [4.78, 5) is 0. The Hall–Kier alpha value is -0.820. The molecular weight excluding hydrogens is 194 g/mol. The molecule has 1 nitrogen and oxygen atoms in total. The maximum atomic E-state index is 6.39. The molecule has 2 atom stereocenters. The van der Waals surface area contributed by atoms with Gasteiger partial charge in [-0.05, 0) is 42.2 Å². The second kappa shape index (κ2) is 5.01. The lowest BCUT2D eigenvalue weighted by Crippen LogP contribution is -2.36. The summed E-state index contributed by atoms with van der Waals surface area (Å²) in [6.07, 6.45) is 4.87. The molecule has 2 rings (SSSR count). The Bertz CT molecular complexity index is 320. The van der Waals surface area contributed by atoms with Crippen LogP contribution in [0.1, 0.15) is 37.8 Å². The van der Waals surface area contributed by atoms with Crippen LogP contribution in [-0.2, 0) is 12.8 Å². The monoisotopic (exact) mass is 217 g/mol. The molecular formula is C15H23N. The van der Waals surface area contributed by atoms with Gasteiger partial charge >= 0.3 is 0 Å². The summed E-state index contributed by atoms with van der Waals surface area (Å²) in [5, 5.41) is 0. The molecule has 0 bridgehead atoms. The van der Waals surface area contributed by atoms with Crippen LogP contribution in [0.25, 0.3) is 0 Å². The average molecular weight is 217 g/mol. The van der Waals surface area contributed by atoms with E-state index in [0.717, 1.165) is 0 Å². The molecule has 1 aromatic carbocycles. The summed E-state index contributed by atoms with van der Waals surface area (Å²) in [6, 6.07) is 9.16. The van der Waals surface area contributed by atoms with Crippen LogP contribution in [-0.4, -0.2) is 6.04 Å². The molecule has 0 aliphatic heterocycles. The van der Waals surface area contributed by atoms with Gasteiger partial charge in [0.25, 0.3) is 0 Å². The van der Waals surface area contributed by atoms with E-state index in [0.29, 0.717) is 17.9 Å². The molecule has 2 N–H and O–H groups in total. The summed E-state index contributed by atoms with van der Waals surface area (Å²) < 4.78 is 0. The van der Waals surface area contributed by atoms with E-state index in [1.807, 2.05) is 0 Å². The smallest absolute Gasteiger partial charge is 0.00993 e. The topological polar surface area (TPSA) is 26.0 Å². The van der Waals surface area contributed by atoms with Crippen molar-refractivity contribution >= 4 is 0 Å². The highest BCUT2D eigenvalue weighted by Crippen LogP contribution is 2.31. The first-order chi connectivity index (χ1) is 7.72. The van der Waals surface area contributed by atoms with Crippen LogP contribution in [0.2, 0.25) is 0 Å². The van der Waals surface area contributed by atoms with E-state index in [1.54, 1.807) is 0 Å². The Balaban J connectivity index is 2.00. The van der Waals surface area contributed by atoms with E-state index in [1.165, 1.54) is 36.8 Å². The van der Waals surface area contributed by atoms with E-state index in [4.69, 9.17) is 5.73 Å². The predicted octanol–water partition coefficient (Wildman–Crippen LogP) is 3.16. The molecule has 0 spiro atoms. The second-order valence-corrected chi connectivity index (χ2v) is 5.28. The van der Waals surface area contributed by atoms with Gasteiger partial charge < -0.3 is 5.73 Å². The number of fused-ring (bicyclic) bond motifs is 1. The van der Waals surface area contributed by atoms with Crippen molar-refractivity contribution in [1.29, 1.82) is 0 Å². The third kappa shape index (κ3) is 2.30. The SMILES string of the molecule is CCCC(C)C(N)C1Cc2ccccc2C1. The largest absolute Gasteiger partial charge is 0.327 e. The van der Waals surface area contributed by atoms with Crippen molar-refractivity contribution in [2.75, 3.05) is 0 Å². The maximum absolute atomic E-state index is 6.39. The molecule has 1 aromatic rings. The molecule has 2 unspecified atom stereocenters. The average Bonchev–Trinajstić information content (AvgIpc) is 2.71. The third-order valence-corrected chi connectivity index (χ3v) is 4.03. The van der Waals surface area contributed by atoms with E-state index >= 15 is 0 Å². The molecule has 88 valence electrons. The molecule has 0 amide bonds. The Labute approximate surface area is 99.0 Å². The van der Waals surface area contributed by atoms with Crippen molar-refractivity contribution in [2.45, 2.75) is 45.6 Å². The van der Waals surface area contributed by atoms with Crippen LogP contribution in [0.15, 0.2) is 24.3 Å². The summed E-state index contributed by atoms with van der Waals surface area (Å²) in [6.45, 7) is 4.55. The van der Waals surface area contributed by atoms with Gasteiger partial charge in [-0.3, -0.25) is 0 Å². The Kier molecular flexibility index (Phi) is 3.65. The first-order valence-electron chi connectivity index (χ1n) is 6.54. The fourth-order valence-corrected chi connectivity index (χ4v) is 2.98. The molecule has 0 heterocycles. The minimum atomic E-state index is 0.368. The van der Waals surface area contributed by atoms with Crippen LogP contribution in [0.4, 0.5) is 0 Å². The standard InChI is InChI=1S/C15H23N/c1-3-6-11(2)15(16)14-9-12-7-4-5-8-13(12)10-14/h4-5,7-8,11,14-15H,3,6,9-10,16H2,1-2H3. The molecule has 0 aromatic heterocycles. The van der Waals surface area contributed by atoms with Crippen LogP contribution >= 0.6 is 0 Å². The lowest BCUT2D eigenvalue weighted by atomic mass is 9.85. The van der Waals surface area contributed by atoms with Gasteiger partial charge in [0.2, 0.25) is 0 Å². The first kappa shape index (κ1) is 11.7. The van der Waals surface area contributed by atoms with E-state index in [2.05, 4.69) is 38.1 Å².